The predicted octanol–water partition coefficient (Wildman–Crippen LogP) is 3.23. The molecule has 0 aliphatic heterocycles. The summed E-state index contributed by atoms with van der Waals surface area (Å²) in [6.07, 6.45) is 7.91. The van der Waals surface area contributed by atoms with Crippen molar-refractivity contribution < 1.29 is 9.53 Å². The van der Waals surface area contributed by atoms with E-state index in [1.807, 2.05) is 6.92 Å². The average molecular weight is 258 g/mol. The lowest BCUT2D eigenvalue weighted by Gasteiger charge is -2.28. The molecule has 3 rings (SSSR count). The van der Waals surface area contributed by atoms with E-state index in [9.17, 15) is 4.79 Å². The summed E-state index contributed by atoms with van der Waals surface area (Å²) >= 11 is 0. The molecule has 1 aromatic carbocycles. The normalized spacial score (nSPS) is 21.4. The van der Waals surface area contributed by atoms with Gasteiger partial charge >= 0.3 is 5.97 Å². The molecule has 0 saturated carbocycles. The molecule has 0 radical (unpaired) electrons. The second-order valence-corrected chi connectivity index (χ2v) is 5.74. The minimum atomic E-state index is 0.00145. The molecule has 2 aliphatic rings. The molecule has 0 heterocycles. The van der Waals surface area contributed by atoms with Crippen LogP contribution >= 0.6 is 0 Å². The van der Waals surface area contributed by atoms with Crippen LogP contribution in [0.2, 0.25) is 0 Å². The van der Waals surface area contributed by atoms with E-state index >= 15 is 0 Å². The van der Waals surface area contributed by atoms with Crippen LogP contribution in [0.1, 0.15) is 48.4 Å². The maximum absolute atomic E-state index is 12.0. The molecule has 1 unspecified atom stereocenters. The summed E-state index contributed by atoms with van der Waals surface area (Å²) in [7, 11) is 0. The van der Waals surface area contributed by atoms with Crippen molar-refractivity contribution in [2.45, 2.75) is 51.9 Å². The van der Waals surface area contributed by atoms with Crippen LogP contribution in [0.4, 0.5) is 0 Å². The summed E-state index contributed by atoms with van der Waals surface area (Å²) in [5, 5.41) is 0. The number of carbonyl (C=O) groups is 1. The first-order chi connectivity index (χ1) is 9.29. The van der Waals surface area contributed by atoms with Gasteiger partial charge in [-0.15, -0.1) is 0 Å². The standard InChI is InChI=1S/C17H22O2/c1-2-19-17(18)14-10-9-13-8-7-12-5-3-4-6-15(12)16(13)11-14/h7-8,14H,2-6,9-11H2,1H3. The number of hydrogen-bond donors (Lipinski definition) is 0. The number of ether oxygens (including phenoxy) is 1. The monoisotopic (exact) mass is 258 g/mol. The lowest BCUT2D eigenvalue weighted by atomic mass is 9.77. The summed E-state index contributed by atoms with van der Waals surface area (Å²) in [5.41, 5.74) is 6.02. The van der Waals surface area contributed by atoms with Crippen LogP contribution in [0.5, 0.6) is 0 Å². The first-order valence-electron chi connectivity index (χ1n) is 7.58. The van der Waals surface area contributed by atoms with Crippen molar-refractivity contribution >= 4 is 5.97 Å². The van der Waals surface area contributed by atoms with E-state index < -0.39 is 0 Å². The molecule has 2 heteroatoms. The summed E-state index contributed by atoms with van der Waals surface area (Å²) in [6.45, 7) is 2.38. The Hall–Kier alpha value is -1.31. The summed E-state index contributed by atoms with van der Waals surface area (Å²) < 4.78 is 5.20. The van der Waals surface area contributed by atoms with E-state index in [0.717, 1.165) is 19.3 Å². The molecule has 0 amide bonds. The smallest absolute Gasteiger partial charge is 0.309 e. The lowest BCUT2D eigenvalue weighted by Crippen LogP contribution is -2.26. The molecular weight excluding hydrogens is 236 g/mol. The van der Waals surface area contributed by atoms with E-state index in [-0.39, 0.29) is 11.9 Å². The van der Waals surface area contributed by atoms with Crippen molar-refractivity contribution in [1.82, 2.24) is 0 Å². The highest BCUT2D eigenvalue weighted by Gasteiger charge is 2.28. The molecule has 0 N–H and O–H groups in total. The highest BCUT2D eigenvalue weighted by molar-refractivity contribution is 5.73. The Labute approximate surface area is 115 Å². The SMILES string of the molecule is CCOC(=O)C1CCc2ccc3c(c2C1)CCCC3. The number of hydrogen-bond acceptors (Lipinski definition) is 2. The zero-order valence-corrected chi connectivity index (χ0v) is 11.7. The molecule has 2 aliphatic carbocycles. The Morgan fingerprint density at radius 1 is 1.16 bits per heavy atom. The Kier molecular flexibility index (Phi) is 3.58. The van der Waals surface area contributed by atoms with Crippen molar-refractivity contribution in [2.75, 3.05) is 6.61 Å². The number of aryl methyl sites for hydroxylation is 2. The highest BCUT2D eigenvalue weighted by Crippen LogP contribution is 2.34. The third kappa shape index (κ3) is 2.41. The van der Waals surface area contributed by atoms with Crippen molar-refractivity contribution in [3.05, 3.63) is 34.4 Å². The van der Waals surface area contributed by atoms with Gasteiger partial charge in [0.1, 0.15) is 0 Å². The van der Waals surface area contributed by atoms with Crippen molar-refractivity contribution in [2.24, 2.45) is 5.92 Å². The van der Waals surface area contributed by atoms with Gasteiger partial charge in [0.25, 0.3) is 0 Å². The second-order valence-electron chi connectivity index (χ2n) is 5.74. The number of fused-ring (bicyclic) bond motifs is 3. The van der Waals surface area contributed by atoms with Crippen molar-refractivity contribution in [3.8, 4) is 0 Å². The van der Waals surface area contributed by atoms with Gasteiger partial charge in [-0.1, -0.05) is 12.1 Å². The number of carbonyl (C=O) groups excluding carboxylic acids is 1. The Morgan fingerprint density at radius 2 is 1.89 bits per heavy atom. The largest absolute Gasteiger partial charge is 0.466 e. The molecule has 102 valence electrons. The Bertz CT molecular complexity index is 490. The summed E-state index contributed by atoms with van der Waals surface area (Å²) in [4.78, 5) is 12.0. The Morgan fingerprint density at radius 3 is 2.68 bits per heavy atom. The molecule has 0 saturated heterocycles. The quantitative estimate of drug-likeness (QED) is 0.761. The van der Waals surface area contributed by atoms with Crippen LogP contribution in [0.15, 0.2) is 12.1 Å². The molecule has 0 spiro atoms. The van der Waals surface area contributed by atoms with Gasteiger partial charge in [-0.25, -0.2) is 0 Å². The second kappa shape index (κ2) is 5.36. The molecule has 2 nitrogen and oxygen atoms in total. The minimum Gasteiger partial charge on any atom is -0.466 e. The fourth-order valence-corrected chi connectivity index (χ4v) is 3.58. The molecule has 0 fully saturated rings. The van der Waals surface area contributed by atoms with Crippen LogP contribution in [0.25, 0.3) is 0 Å². The van der Waals surface area contributed by atoms with E-state index in [0.29, 0.717) is 6.61 Å². The van der Waals surface area contributed by atoms with Gasteiger partial charge in [-0.05, 0) is 74.1 Å². The van der Waals surface area contributed by atoms with Gasteiger partial charge in [0, 0.05) is 0 Å². The van der Waals surface area contributed by atoms with Crippen LogP contribution in [0, 0.1) is 5.92 Å². The number of rotatable bonds is 2. The minimum absolute atomic E-state index is 0.00145. The van der Waals surface area contributed by atoms with Crippen LogP contribution in [-0.4, -0.2) is 12.6 Å². The van der Waals surface area contributed by atoms with Crippen LogP contribution in [-0.2, 0) is 35.2 Å². The number of benzene rings is 1. The van der Waals surface area contributed by atoms with E-state index in [1.165, 1.54) is 42.4 Å². The zero-order chi connectivity index (χ0) is 13.2. The predicted molar refractivity (Wildman–Crippen MR) is 75.2 cm³/mol. The molecule has 0 bridgehead atoms. The fraction of sp³-hybridized carbons (Fsp3) is 0.588. The Balaban J connectivity index is 1.88. The van der Waals surface area contributed by atoms with E-state index in [2.05, 4.69) is 12.1 Å². The summed E-state index contributed by atoms with van der Waals surface area (Å²) in [5.74, 6) is 0.0856. The van der Waals surface area contributed by atoms with E-state index in [4.69, 9.17) is 4.74 Å². The van der Waals surface area contributed by atoms with Crippen molar-refractivity contribution in [3.63, 3.8) is 0 Å². The van der Waals surface area contributed by atoms with Crippen LogP contribution in [0.3, 0.4) is 0 Å². The van der Waals surface area contributed by atoms with Gasteiger partial charge in [0.2, 0.25) is 0 Å². The first kappa shape index (κ1) is 12.7. The zero-order valence-electron chi connectivity index (χ0n) is 11.7. The maximum Gasteiger partial charge on any atom is 0.309 e. The lowest BCUT2D eigenvalue weighted by molar-refractivity contribution is -0.148. The molecule has 0 aromatic heterocycles. The third-order valence-corrected chi connectivity index (χ3v) is 4.58. The van der Waals surface area contributed by atoms with Gasteiger partial charge in [-0.3, -0.25) is 4.79 Å². The molecular formula is C17H22O2. The molecule has 19 heavy (non-hydrogen) atoms. The van der Waals surface area contributed by atoms with Gasteiger partial charge in [0.05, 0.1) is 12.5 Å². The fourth-order valence-electron chi connectivity index (χ4n) is 3.58. The molecule has 1 aromatic rings. The van der Waals surface area contributed by atoms with E-state index in [1.54, 1.807) is 5.56 Å². The van der Waals surface area contributed by atoms with Crippen LogP contribution < -0.4 is 0 Å². The third-order valence-electron chi connectivity index (χ3n) is 4.58. The van der Waals surface area contributed by atoms with Crippen molar-refractivity contribution in [1.29, 1.82) is 0 Å². The van der Waals surface area contributed by atoms with Gasteiger partial charge < -0.3 is 4.74 Å². The first-order valence-corrected chi connectivity index (χ1v) is 7.58. The van der Waals surface area contributed by atoms with Gasteiger partial charge in [-0.2, -0.15) is 0 Å². The maximum atomic E-state index is 12.0. The van der Waals surface area contributed by atoms with Gasteiger partial charge in [0.15, 0.2) is 0 Å². The summed E-state index contributed by atoms with van der Waals surface area (Å²) in [6, 6.07) is 4.61. The molecule has 1 atom stereocenters. The number of esters is 1. The average Bonchev–Trinajstić information content (AvgIpc) is 2.47. The highest BCUT2D eigenvalue weighted by atomic mass is 16.5. The topological polar surface area (TPSA) is 26.3 Å².